The van der Waals surface area contributed by atoms with Crippen LogP contribution in [0.4, 0.5) is 5.69 Å². The minimum absolute atomic E-state index is 0.00395. The van der Waals surface area contributed by atoms with E-state index >= 15 is 0 Å². The number of carboxylic acids is 1. The lowest BCUT2D eigenvalue weighted by Crippen LogP contribution is -2.08. The number of nitrogens with one attached hydrogen (secondary N) is 1. The first-order valence-corrected chi connectivity index (χ1v) is 8.77. The van der Waals surface area contributed by atoms with Crippen molar-refractivity contribution < 1.29 is 34.2 Å². The van der Waals surface area contributed by atoms with Crippen molar-refractivity contribution in [2.45, 2.75) is 6.92 Å². The molecular formula is C21H18N2O7. The van der Waals surface area contributed by atoms with Gasteiger partial charge in [0.1, 0.15) is 29.5 Å². The van der Waals surface area contributed by atoms with Crippen molar-refractivity contribution in [3.8, 4) is 28.6 Å². The molecule has 2 aromatic carbocycles. The number of anilines is 1. The van der Waals surface area contributed by atoms with Gasteiger partial charge in [-0.3, -0.25) is 4.79 Å². The van der Waals surface area contributed by atoms with Gasteiger partial charge in [0.2, 0.25) is 5.91 Å². The average molecular weight is 410 g/mol. The Morgan fingerprint density at radius 3 is 2.67 bits per heavy atom. The Labute approximate surface area is 170 Å². The van der Waals surface area contributed by atoms with Gasteiger partial charge in [0.15, 0.2) is 11.5 Å². The number of aromatic nitrogens is 1. The number of nitrogens with zero attached hydrogens (tertiary/aromatic N) is 1. The van der Waals surface area contributed by atoms with E-state index in [4.69, 9.17) is 14.4 Å². The van der Waals surface area contributed by atoms with Crippen molar-refractivity contribution in [2.24, 2.45) is 0 Å². The molecule has 0 unspecified atom stereocenters. The monoisotopic (exact) mass is 410 g/mol. The fraction of sp³-hybridized carbons (Fsp3) is 0.0952. The minimum atomic E-state index is -1.20. The maximum atomic E-state index is 11.3. The molecule has 0 aliphatic rings. The Kier molecular flexibility index (Phi) is 6.02. The SMILES string of the molecule is CC(=O)Nc1c(O)cccc1OC/C=C/c1cc(-c2cc(C(=O)O)no2)ccc1O. The number of phenols is 2. The van der Waals surface area contributed by atoms with Crippen LogP contribution < -0.4 is 10.1 Å². The third kappa shape index (κ3) is 4.76. The second kappa shape index (κ2) is 8.82. The van der Waals surface area contributed by atoms with Crippen LogP contribution in [0.25, 0.3) is 17.4 Å². The number of carbonyl (C=O) groups excluding carboxylic acids is 1. The zero-order valence-electron chi connectivity index (χ0n) is 15.8. The Balaban J connectivity index is 1.73. The molecule has 0 bridgehead atoms. The van der Waals surface area contributed by atoms with E-state index in [0.29, 0.717) is 11.1 Å². The van der Waals surface area contributed by atoms with Crippen LogP contribution in [-0.2, 0) is 4.79 Å². The van der Waals surface area contributed by atoms with Gasteiger partial charge in [-0.1, -0.05) is 17.3 Å². The molecule has 0 saturated heterocycles. The molecule has 0 aliphatic carbocycles. The molecule has 1 amide bonds. The van der Waals surface area contributed by atoms with Crippen LogP contribution in [0.1, 0.15) is 23.0 Å². The summed E-state index contributed by atoms with van der Waals surface area (Å²) >= 11 is 0. The van der Waals surface area contributed by atoms with Gasteiger partial charge >= 0.3 is 5.97 Å². The highest BCUT2D eigenvalue weighted by molar-refractivity contribution is 5.92. The fourth-order valence-corrected chi connectivity index (χ4v) is 2.61. The molecule has 0 saturated carbocycles. The fourth-order valence-electron chi connectivity index (χ4n) is 2.61. The first kappa shape index (κ1) is 20.5. The summed E-state index contributed by atoms with van der Waals surface area (Å²) in [6, 6.07) is 10.5. The van der Waals surface area contributed by atoms with Crippen LogP contribution in [0.2, 0.25) is 0 Å². The summed E-state index contributed by atoms with van der Waals surface area (Å²) in [5.74, 6) is -1.13. The summed E-state index contributed by atoms with van der Waals surface area (Å²) in [5.41, 5.74) is 0.934. The molecule has 30 heavy (non-hydrogen) atoms. The topological polar surface area (TPSA) is 142 Å². The summed E-state index contributed by atoms with van der Waals surface area (Å²) in [5, 5.41) is 34.9. The van der Waals surface area contributed by atoms with E-state index in [-0.39, 0.29) is 46.9 Å². The molecule has 0 radical (unpaired) electrons. The predicted molar refractivity (Wildman–Crippen MR) is 108 cm³/mol. The molecule has 3 aromatic rings. The Hall–Kier alpha value is -4.27. The van der Waals surface area contributed by atoms with E-state index in [1.165, 1.54) is 25.1 Å². The number of carboxylic acid groups (broad SMARTS) is 1. The van der Waals surface area contributed by atoms with Crippen molar-refractivity contribution in [1.82, 2.24) is 5.16 Å². The number of hydrogen-bond acceptors (Lipinski definition) is 7. The van der Waals surface area contributed by atoms with Gasteiger partial charge in [-0.05, 0) is 36.4 Å². The number of rotatable bonds is 7. The maximum Gasteiger partial charge on any atom is 0.358 e. The zero-order chi connectivity index (χ0) is 21.7. The Morgan fingerprint density at radius 1 is 1.17 bits per heavy atom. The summed E-state index contributed by atoms with van der Waals surface area (Å²) in [6.07, 6.45) is 3.23. The Bertz CT molecular complexity index is 1120. The molecule has 0 atom stereocenters. The van der Waals surface area contributed by atoms with E-state index < -0.39 is 5.97 Å². The lowest BCUT2D eigenvalue weighted by molar-refractivity contribution is -0.114. The maximum absolute atomic E-state index is 11.3. The van der Waals surface area contributed by atoms with E-state index in [2.05, 4.69) is 10.5 Å². The number of amides is 1. The lowest BCUT2D eigenvalue weighted by Gasteiger charge is -2.11. The largest absolute Gasteiger partial charge is 0.507 e. The molecule has 0 aliphatic heterocycles. The van der Waals surface area contributed by atoms with E-state index in [1.807, 2.05) is 0 Å². The van der Waals surface area contributed by atoms with Gasteiger partial charge in [0.05, 0.1) is 0 Å². The van der Waals surface area contributed by atoms with Gasteiger partial charge in [-0.15, -0.1) is 0 Å². The molecular weight excluding hydrogens is 392 g/mol. The second-order valence-electron chi connectivity index (χ2n) is 6.20. The summed E-state index contributed by atoms with van der Waals surface area (Å²) < 4.78 is 10.6. The zero-order valence-corrected chi connectivity index (χ0v) is 15.8. The van der Waals surface area contributed by atoms with Gasteiger partial charge in [0, 0.05) is 24.1 Å². The normalized spacial score (nSPS) is 10.8. The smallest absolute Gasteiger partial charge is 0.358 e. The van der Waals surface area contributed by atoms with E-state index in [0.717, 1.165) is 0 Å². The predicted octanol–water partition coefficient (Wildman–Crippen LogP) is 3.50. The highest BCUT2D eigenvalue weighted by Crippen LogP contribution is 2.33. The second-order valence-corrected chi connectivity index (χ2v) is 6.20. The highest BCUT2D eigenvalue weighted by Gasteiger charge is 2.13. The summed E-state index contributed by atoms with van der Waals surface area (Å²) in [6.45, 7) is 1.41. The third-order valence-electron chi connectivity index (χ3n) is 3.98. The molecule has 1 aromatic heterocycles. The quantitative estimate of drug-likeness (QED) is 0.434. The first-order valence-electron chi connectivity index (χ1n) is 8.77. The van der Waals surface area contributed by atoms with Gasteiger partial charge < -0.3 is 29.9 Å². The van der Waals surface area contributed by atoms with Crippen molar-refractivity contribution >= 4 is 23.6 Å². The lowest BCUT2D eigenvalue weighted by atomic mass is 10.1. The molecule has 4 N–H and O–H groups in total. The number of hydrogen-bond donors (Lipinski definition) is 4. The van der Waals surface area contributed by atoms with E-state index in [9.17, 15) is 19.8 Å². The molecule has 9 heteroatoms. The van der Waals surface area contributed by atoms with Gasteiger partial charge in [0.25, 0.3) is 0 Å². The number of aromatic carboxylic acids is 1. The number of phenolic OH excluding ortho intramolecular Hbond substituents is 2. The molecule has 154 valence electrons. The van der Waals surface area contributed by atoms with Crippen molar-refractivity contribution in [1.29, 1.82) is 0 Å². The van der Waals surface area contributed by atoms with Crippen LogP contribution >= 0.6 is 0 Å². The number of aromatic hydroxyl groups is 2. The third-order valence-corrected chi connectivity index (χ3v) is 3.98. The van der Waals surface area contributed by atoms with Gasteiger partial charge in [-0.2, -0.15) is 0 Å². The molecule has 0 spiro atoms. The van der Waals surface area contributed by atoms with Crippen LogP contribution in [0.3, 0.4) is 0 Å². The van der Waals surface area contributed by atoms with Crippen LogP contribution in [0.5, 0.6) is 17.2 Å². The molecule has 9 nitrogen and oxygen atoms in total. The molecule has 1 heterocycles. The minimum Gasteiger partial charge on any atom is -0.507 e. The highest BCUT2D eigenvalue weighted by atomic mass is 16.5. The summed E-state index contributed by atoms with van der Waals surface area (Å²) in [4.78, 5) is 22.2. The number of benzene rings is 2. The van der Waals surface area contributed by atoms with Crippen molar-refractivity contribution in [3.63, 3.8) is 0 Å². The molecule has 3 rings (SSSR count). The Morgan fingerprint density at radius 2 is 1.97 bits per heavy atom. The van der Waals surface area contributed by atoms with Crippen molar-refractivity contribution in [2.75, 3.05) is 11.9 Å². The van der Waals surface area contributed by atoms with Crippen LogP contribution in [0.15, 0.2) is 53.1 Å². The van der Waals surface area contributed by atoms with Crippen molar-refractivity contribution in [3.05, 3.63) is 59.8 Å². The number of ether oxygens (including phenoxy) is 1. The van der Waals surface area contributed by atoms with Crippen LogP contribution in [-0.4, -0.2) is 39.0 Å². The van der Waals surface area contributed by atoms with Crippen LogP contribution in [0, 0.1) is 0 Å². The number of carbonyl (C=O) groups is 2. The summed E-state index contributed by atoms with van der Waals surface area (Å²) in [7, 11) is 0. The average Bonchev–Trinajstić information content (AvgIpc) is 3.19. The number of para-hydroxylation sites is 1. The molecule has 0 fully saturated rings. The standard InChI is InChI=1S/C21H18N2O7/c1-12(24)22-20-17(26)5-2-6-18(20)29-9-3-4-13-10-14(7-8-16(13)25)19-11-15(21(27)28)23-30-19/h2-8,10-11,25-26H,9H2,1H3,(H,22,24)(H,27,28)/b4-3+. The first-order chi connectivity index (χ1) is 14.3. The van der Waals surface area contributed by atoms with E-state index in [1.54, 1.807) is 36.4 Å². The van der Waals surface area contributed by atoms with Gasteiger partial charge in [-0.25, -0.2) is 4.79 Å².